The minimum Gasteiger partial charge on any atom is -0.481 e. The fourth-order valence-electron chi connectivity index (χ4n) is 3.09. The first-order valence-corrected chi connectivity index (χ1v) is 6.51. The largest absolute Gasteiger partial charge is 0.481 e. The number of halogens is 1. The number of rotatable bonds is 4. The van der Waals surface area contributed by atoms with Crippen molar-refractivity contribution in [1.29, 1.82) is 0 Å². The van der Waals surface area contributed by atoms with Crippen molar-refractivity contribution in [2.24, 2.45) is 5.92 Å². The molecule has 102 valence electrons. The zero-order chi connectivity index (χ0) is 13.4. The van der Waals surface area contributed by atoms with Gasteiger partial charge < -0.3 is 15.2 Å². The predicted octanol–water partition coefficient (Wildman–Crippen LogP) is 1.55. The Bertz CT molecular complexity index is 476. The lowest BCUT2D eigenvalue weighted by Crippen LogP contribution is -2.46. The molecule has 0 spiro atoms. The van der Waals surface area contributed by atoms with E-state index in [1.165, 1.54) is 12.1 Å². The van der Waals surface area contributed by atoms with Crippen LogP contribution in [-0.2, 0) is 16.1 Å². The van der Waals surface area contributed by atoms with Gasteiger partial charge in [0.1, 0.15) is 11.7 Å². The van der Waals surface area contributed by atoms with Gasteiger partial charge in [0, 0.05) is 12.6 Å². The van der Waals surface area contributed by atoms with E-state index in [0.29, 0.717) is 6.54 Å². The minimum atomic E-state index is -0.802. The lowest BCUT2D eigenvalue weighted by molar-refractivity contribution is -0.144. The molecule has 2 aliphatic heterocycles. The second kappa shape index (κ2) is 4.90. The Labute approximate surface area is 110 Å². The third-order valence-electron chi connectivity index (χ3n) is 4.01. The van der Waals surface area contributed by atoms with E-state index < -0.39 is 11.9 Å². The highest BCUT2D eigenvalue weighted by Crippen LogP contribution is 2.39. The summed E-state index contributed by atoms with van der Waals surface area (Å²) in [5.41, 5.74) is 0.938. The molecular weight excluding hydrogens is 249 g/mol. The minimum absolute atomic E-state index is 0.00783. The van der Waals surface area contributed by atoms with Gasteiger partial charge in [-0.05, 0) is 30.5 Å². The van der Waals surface area contributed by atoms with Gasteiger partial charge in [-0.3, -0.25) is 4.79 Å². The molecule has 2 aliphatic rings. The monoisotopic (exact) mass is 265 g/mol. The molecule has 3 rings (SSSR count). The number of hydrogen-bond acceptors (Lipinski definition) is 3. The first-order valence-electron chi connectivity index (χ1n) is 6.51. The summed E-state index contributed by atoms with van der Waals surface area (Å²) in [5, 5.41) is 12.5. The Hall–Kier alpha value is -1.46. The zero-order valence-corrected chi connectivity index (χ0v) is 10.4. The van der Waals surface area contributed by atoms with Crippen LogP contribution in [0.2, 0.25) is 0 Å². The van der Waals surface area contributed by atoms with Crippen molar-refractivity contribution in [3.05, 3.63) is 35.6 Å². The molecule has 0 aromatic heterocycles. The summed E-state index contributed by atoms with van der Waals surface area (Å²) in [4.78, 5) is 11.3. The summed E-state index contributed by atoms with van der Waals surface area (Å²) >= 11 is 0. The molecule has 1 aromatic carbocycles. The van der Waals surface area contributed by atoms with Crippen LogP contribution in [0.1, 0.15) is 18.4 Å². The topological polar surface area (TPSA) is 58.6 Å². The number of ether oxygens (including phenoxy) is 1. The van der Waals surface area contributed by atoms with Crippen LogP contribution in [0.15, 0.2) is 24.3 Å². The maximum Gasteiger partial charge on any atom is 0.310 e. The molecule has 0 radical (unpaired) electrons. The van der Waals surface area contributed by atoms with E-state index >= 15 is 0 Å². The normalized spacial score (nSPS) is 32.7. The van der Waals surface area contributed by atoms with Gasteiger partial charge in [0.15, 0.2) is 0 Å². The molecule has 4 nitrogen and oxygen atoms in total. The van der Waals surface area contributed by atoms with Crippen molar-refractivity contribution in [2.45, 2.75) is 37.6 Å². The molecule has 2 saturated heterocycles. The van der Waals surface area contributed by atoms with Crippen molar-refractivity contribution in [3.63, 3.8) is 0 Å². The average Bonchev–Trinajstić information content (AvgIpc) is 2.98. The molecule has 2 fully saturated rings. The van der Waals surface area contributed by atoms with Crippen LogP contribution in [0.3, 0.4) is 0 Å². The molecule has 0 amide bonds. The number of fused-ring (bicyclic) bond motifs is 2. The first-order chi connectivity index (χ1) is 9.15. The lowest BCUT2D eigenvalue weighted by atomic mass is 9.84. The lowest BCUT2D eigenvalue weighted by Gasteiger charge is -2.25. The Morgan fingerprint density at radius 2 is 2.00 bits per heavy atom. The predicted molar refractivity (Wildman–Crippen MR) is 66.0 cm³/mol. The third kappa shape index (κ3) is 2.35. The van der Waals surface area contributed by atoms with E-state index in [9.17, 15) is 14.3 Å². The van der Waals surface area contributed by atoms with Gasteiger partial charge in [-0.25, -0.2) is 4.39 Å². The van der Waals surface area contributed by atoms with Crippen molar-refractivity contribution in [3.8, 4) is 0 Å². The molecule has 2 heterocycles. The molecule has 0 aliphatic carbocycles. The highest BCUT2D eigenvalue weighted by molar-refractivity contribution is 5.72. The summed E-state index contributed by atoms with van der Waals surface area (Å²) in [7, 11) is 0. The number of nitrogens with one attached hydrogen (secondary N) is 1. The number of benzene rings is 1. The van der Waals surface area contributed by atoms with E-state index in [1.54, 1.807) is 12.1 Å². The second-order valence-corrected chi connectivity index (χ2v) is 5.19. The number of carboxylic acid groups (broad SMARTS) is 1. The van der Waals surface area contributed by atoms with Gasteiger partial charge in [0.2, 0.25) is 0 Å². The van der Waals surface area contributed by atoms with Gasteiger partial charge in [-0.2, -0.15) is 0 Å². The second-order valence-electron chi connectivity index (χ2n) is 5.19. The average molecular weight is 265 g/mol. The van der Waals surface area contributed by atoms with Crippen LogP contribution in [0.4, 0.5) is 4.39 Å². The van der Waals surface area contributed by atoms with Gasteiger partial charge >= 0.3 is 5.97 Å². The Balaban J connectivity index is 1.65. The van der Waals surface area contributed by atoms with Gasteiger partial charge in [0.05, 0.1) is 12.2 Å². The van der Waals surface area contributed by atoms with Gasteiger partial charge in [-0.15, -0.1) is 0 Å². The molecule has 5 heteroatoms. The van der Waals surface area contributed by atoms with E-state index in [-0.39, 0.29) is 24.1 Å². The molecule has 0 saturated carbocycles. The summed E-state index contributed by atoms with van der Waals surface area (Å²) < 4.78 is 18.5. The highest BCUT2D eigenvalue weighted by atomic mass is 19.1. The number of carboxylic acids is 1. The Kier molecular flexibility index (Phi) is 3.24. The standard InChI is InChI=1S/C14H16FNO3/c15-9-3-1-8(2-4-9)7-16-13-11-6-5-10(19-11)12(13)14(17)18/h1-4,10-13,16H,5-7H2,(H,17,18). The van der Waals surface area contributed by atoms with Gasteiger partial charge in [0.25, 0.3) is 0 Å². The van der Waals surface area contributed by atoms with Crippen molar-refractivity contribution in [2.75, 3.05) is 0 Å². The first kappa shape index (κ1) is 12.6. The van der Waals surface area contributed by atoms with Crippen molar-refractivity contribution in [1.82, 2.24) is 5.32 Å². The van der Waals surface area contributed by atoms with E-state index in [1.807, 2.05) is 0 Å². The molecule has 2 bridgehead atoms. The summed E-state index contributed by atoms with van der Waals surface area (Å²) in [6.07, 6.45) is 1.58. The van der Waals surface area contributed by atoms with Crippen LogP contribution in [0.25, 0.3) is 0 Å². The van der Waals surface area contributed by atoms with Crippen LogP contribution >= 0.6 is 0 Å². The van der Waals surface area contributed by atoms with Crippen molar-refractivity contribution >= 4 is 5.97 Å². The van der Waals surface area contributed by atoms with Crippen LogP contribution in [-0.4, -0.2) is 29.3 Å². The Morgan fingerprint density at radius 3 is 2.68 bits per heavy atom. The quantitative estimate of drug-likeness (QED) is 0.867. The van der Waals surface area contributed by atoms with E-state index in [2.05, 4.69) is 5.32 Å². The summed E-state index contributed by atoms with van der Waals surface area (Å²) in [6.45, 7) is 0.529. The molecule has 2 N–H and O–H groups in total. The van der Waals surface area contributed by atoms with Crippen LogP contribution < -0.4 is 5.32 Å². The maximum absolute atomic E-state index is 12.8. The van der Waals surface area contributed by atoms with Gasteiger partial charge in [-0.1, -0.05) is 12.1 Å². The van der Waals surface area contributed by atoms with Crippen LogP contribution in [0, 0.1) is 11.7 Å². The smallest absolute Gasteiger partial charge is 0.310 e. The molecule has 1 aromatic rings. The SMILES string of the molecule is O=C(O)C1C2CCC(O2)C1NCc1ccc(F)cc1. The molecule has 4 atom stereocenters. The third-order valence-corrected chi connectivity index (χ3v) is 4.01. The fraction of sp³-hybridized carbons (Fsp3) is 0.500. The van der Waals surface area contributed by atoms with E-state index in [4.69, 9.17) is 4.74 Å². The highest BCUT2D eigenvalue weighted by Gasteiger charge is 2.52. The van der Waals surface area contributed by atoms with Crippen LogP contribution in [0.5, 0.6) is 0 Å². The number of aliphatic carboxylic acids is 1. The summed E-state index contributed by atoms with van der Waals surface area (Å²) in [5.74, 6) is -1.54. The van der Waals surface area contributed by atoms with E-state index in [0.717, 1.165) is 18.4 Å². The summed E-state index contributed by atoms with van der Waals surface area (Å²) in [6, 6.07) is 6.06. The number of carbonyl (C=O) groups is 1. The number of hydrogen-bond donors (Lipinski definition) is 2. The maximum atomic E-state index is 12.8. The Morgan fingerprint density at radius 1 is 1.32 bits per heavy atom. The fourth-order valence-corrected chi connectivity index (χ4v) is 3.09. The molecule has 19 heavy (non-hydrogen) atoms. The molecule has 4 unspecified atom stereocenters. The van der Waals surface area contributed by atoms with Crippen molar-refractivity contribution < 1.29 is 19.0 Å². The molecular formula is C14H16FNO3. The zero-order valence-electron chi connectivity index (χ0n) is 10.4.